The normalized spacial score (nSPS) is 25.5. The van der Waals surface area contributed by atoms with Gasteiger partial charge in [-0.05, 0) is 79.1 Å². The van der Waals surface area contributed by atoms with Crippen LogP contribution in [0.3, 0.4) is 0 Å². The zero-order valence-corrected chi connectivity index (χ0v) is 19.3. The van der Waals surface area contributed by atoms with Crippen molar-refractivity contribution in [3.63, 3.8) is 0 Å². The average molecular weight is 387 g/mol. The van der Waals surface area contributed by atoms with E-state index in [1.54, 1.807) is 11.1 Å². The predicted molar refractivity (Wildman–Crippen MR) is 120 cm³/mol. The summed E-state index contributed by atoms with van der Waals surface area (Å²) in [6.45, 7) is 12.9. The zero-order valence-electron chi connectivity index (χ0n) is 19.3. The summed E-state index contributed by atoms with van der Waals surface area (Å²) in [4.78, 5) is 12.0. The molecule has 1 saturated carbocycles. The molecule has 0 heterocycles. The van der Waals surface area contributed by atoms with E-state index in [4.69, 9.17) is 5.73 Å². The quantitative estimate of drug-likeness (QED) is 0.767. The summed E-state index contributed by atoms with van der Waals surface area (Å²) >= 11 is 0. The Bertz CT molecular complexity index is 677. The molecular weight excluding hydrogens is 344 g/mol. The molecular formula is C25H42N2O. The number of hydrogen-bond acceptors (Lipinski definition) is 2. The molecule has 0 aromatic heterocycles. The predicted octanol–water partition coefficient (Wildman–Crippen LogP) is 5.26. The second-order valence-corrected chi connectivity index (χ2v) is 10.4. The maximum Gasteiger partial charge on any atom is 0.218 e. The van der Waals surface area contributed by atoms with Gasteiger partial charge in [0.05, 0.1) is 0 Å². The molecule has 2 aliphatic rings. The molecule has 3 rings (SSSR count). The molecule has 3 nitrogen and oxygen atoms in total. The lowest BCUT2D eigenvalue weighted by Crippen LogP contribution is -2.47. The summed E-state index contributed by atoms with van der Waals surface area (Å²) in [6, 6.07) is 7.36. The van der Waals surface area contributed by atoms with Crippen LogP contribution in [0.15, 0.2) is 18.2 Å². The maximum atomic E-state index is 10.1. The van der Waals surface area contributed by atoms with Crippen LogP contribution in [0.4, 0.5) is 0 Å². The molecule has 1 fully saturated rings. The van der Waals surface area contributed by atoms with Gasteiger partial charge in [0, 0.05) is 13.0 Å². The van der Waals surface area contributed by atoms with Crippen LogP contribution in [-0.4, -0.2) is 31.4 Å². The molecule has 3 heteroatoms. The van der Waals surface area contributed by atoms with E-state index in [-0.39, 0.29) is 5.91 Å². The van der Waals surface area contributed by atoms with E-state index in [1.165, 1.54) is 37.7 Å². The first kappa shape index (κ1) is 22.9. The average Bonchev–Trinajstić information content (AvgIpc) is 2.59. The fraction of sp³-hybridized carbons (Fsp3) is 0.720. The number of nitrogens with zero attached hydrogens (tertiary/aromatic N) is 1. The molecule has 2 aliphatic carbocycles. The van der Waals surface area contributed by atoms with E-state index < -0.39 is 0 Å². The van der Waals surface area contributed by atoms with Crippen molar-refractivity contribution in [2.45, 2.75) is 84.5 Å². The van der Waals surface area contributed by atoms with E-state index >= 15 is 0 Å². The van der Waals surface area contributed by atoms with E-state index in [0.29, 0.717) is 23.2 Å². The van der Waals surface area contributed by atoms with Crippen molar-refractivity contribution in [2.24, 2.45) is 17.1 Å². The number of hydrogen-bond donors (Lipinski definition) is 1. The fourth-order valence-corrected chi connectivity index (χ4v) is 5.52. The molecule has 0 bridgehead atoms. The molecule has 0 saturated heterocycles. The van der Waals surface area contributed by atoms with Gasteiger partial charge in [0.1, 0.15) is 0 Å². The number of nitrogens with two attached hydrogens (primary N) is 1. The fourth-order valence-electron chi connectivity index (χ4n) is 5.52. The summed E-state index contributed by atoms with van der Waals surface area (Å²) in [5.74, 6) is 1.27. The molecule has 2 atom stereocenters. The Balaban J connectivity index is 0.000000300. The second-order valence-electron chi connectivity index (χ2n) is 10.4. The number of benzene rings is 1. The second kappa shape index (κ2) is 8.98. The minimum Gasteiger partial charge on any atom is -0.370 e. The summed E-state index contributed by atoms with van der Waals surface area (Å²) in [5, 5.41) is 0. The van der Waals surface area contributed by atoms with Gasteiger partial charge < -0.3 is 10.6 Å². The highest BCUT2D eigenvalue weighted by Crippen LogP contribution is 2.57. The highest BCUT2D eigenvalue weighted by Gasteiger charge is 2.49. The summed E-state index contributed by atoms with van der Waals surface area (Å²) in [5.41, 5.74) is 10.6. The summed E-state index contributed by atoms with van der Waals surface area (Å²) in [7, 11) is 3.81. The van der Waals surface area contributed by atoms with Gasteiger partial charge in [-0.1, -0.05) is 59.2 Å². The molecule has 1 amide bonds. The first-order valence-corrected chi connectivity index (χ1v) is 11.0. The smallest absolute Gasteiger partial charge is 0.218 e. The Labute approximate surface area is 173 Å². The van der Waals surface area contributed by atoms with Gasteiger partial charge in [0.15, 0.2) is 0 Å². The highest BCUT2D eigenvalue weighted by molar-refractivity contribution is 5.73. The lowest BCUT2D eigenvalue weighted by Gasteiger charge is -2.54. The first-order chi connectivity index (χ1) is 13.0. The lowest BCUT2D eigenvalue weighted by molar-refractivity contribution is -0.118. The molecule has 1 aromatic carbocycles. The van der Waals surface area contributed by atoms with Crippen LogP contribution in [0.1, 0.15) is 89.3 Å². The van der Waals surface area contributed by atoms with Gasteiger partial charge in [-0.15, -0.1) is 0 Å². The number of aryl methyl sites for hydroxylation is 1. The third-order valence-electron chi connectivity index (χ3n) is 7.15. The molecule has 1 aromatic rings. The van der Waals surface area contributed by atoms with Crippen molar-refractivity contribution in [3.05, 3.63) is 34.9 Å². The van der Waals surface area contributed by atoms with Gasteiger partial charge in [-0.3, -0.25) is 4.79 Å². The van der Waals surface area contributed by atoms with Crippen molar-refractivity contribution in [1.82, 2.24) is 4.90 Å². The Morgan fingerprint density at radius 3 is 2.43 bits per heavy atom. The van der Waals surface area contributed by atoms with Gasteiger partial charge in [-0.2, -0.15) is 0 Å². The lowest BCUT2D eigenvalue weighted by atomic mass is 9.50. The van der Waals surface area contributed by atoms with Crippen molar-refractivity contribution in [2.75, 3.05) is 20.6 Å². The Hall–Kier alpha value is -1.35. The van der Waals surface area contributed by atoms with Crippen LogP contribution >= 0.6 is 0 Å². The van der Waals surface area contributed by atoms with Gasteiger partial charge in [0.2, 0.25) is 5.91 Å². The number of primary amides is 1. The van der Waals surface area contributed by atoms with Crippen LogP contribution in [0, 0.1) is 11.3 Å². The minimum absolute atomic E-state index is 0.237. The van der Waals surface area contributed by atoms with Crippen molar-refractivity contribution >= 4 is 5.91 Å². The molecule has 2 unspecified atom stereocenters. The molecule has 158 valence electrons. The minimum atomic E-state index is -0.237. The van der Waals surface area contributed by atoms with E-state index in [9.17, 15) is 4.79 Å². The molecule has 28 heavy (non-hydrogen) atoms. The Morgan fingerprint density at radius 1 is 1.21 bits per heavy atom. The summed E-state index contributed by atoms with van der Waals surface area (Å²) in [6.07, 6.45) is 7.32. The van der Waals surface area contributed by atoms with Crippen molar-refractivity contribution in [1.29, 1.82) is 0 Å². The Morgan fingerprint density at radius 2 is 1.89 bits per heavy atom. The molecule has 0 aliphatic heterocycles. The number of amides is 1. The van der Waals surface area contributed by atoms with Crippen LogP contribution in [0.2, 0.25) is 0 Å². The number of rotatable bonds is 4. The topological polar surface area (TPSA) is 46.3 Å². The number of carbonyl (C=O) groups is 1. The van der Waals surface area contributed by atoms with Crippen LogP contribution < -0.4 is 5.73 Å². The monoisotopic (exact) mass is 386 g/mol. The van der Waals surface area contributed by atoms with Crippen LogP contribution in [-0.2, 0) is 16.6 Å². The number of carbonyl (C=O) groups excluding carboxylic acids is 1. The van der Waals surface area contributed by atoms with Gasteiger partial charge in [-0.25, -0.2) is 0 Å². The van der Waals surface area contributed by atoms with Crippen molar-refractivity contribution < 1.29 is 4.79 Å². The van der Waals surface area contributed by atoms with Crippen LogP contribution in [0.25, 0.3) is 0 Å². The number of fused-ring (bicyclic) bond motifs is 3. The summed E-state index contributed by atoms with van der Waals surface area (Å²) < 4.78 is 0. The molecule has 0 spiro atoms. The third-order valence-corrected chi connectivity index (χ3v) is 7.15. The molecule has 2 N–H and O–H groups in total. The van der Waals surface area contributed by atoms with Crippen molar-refractivity contribution in [3.8, 4) is 0 Å². The standard InChI is InChI=1S/C20H30.C5H12N2O/c1-14(2)15-7-9-17-16(13-15)8-10-18-19(3,4)11-6-12-20(17,18)5;1-7(2)4-3-5(6)8/h7,9,13-14,18H,6,8,10-12H2,1-5H3;3-4H2,1-2H3,(H2,6,8). The van der Waals surface area contributed by atoms with Gasteiger partial charge in [0.25, 0.3) is 0 Å². The first-order valence-electron chi connectivity index (χ1n) is 11.0. The maximum absolute atomic E-state index is 10.1. The zero-order chi connectivity index (χ0) is 21.1. The van der Waals surface area contributed by atoms with E-state index in [1.807, 2.05) is 19.0 Å². The Kier molecular flexibility index (Phi) is 7.36. The third kappa shape index (κ3) is 5.17. The van der Waals surface area contributed by atoms with Crippen LogP contribution in [0.5, 0.6) is 0 Å². The molecule has 0 radical (unpaired) electrons. The SMILES string of the molecule is CC(C)c1ccc2c(c1)CCC1C(C)(C)CCCC21C.CN(C)CCC(N)=O. The highest BCUT2D eigenvalue weighted by atomic mass is 16.1. The van der Waals surface area contributed by atoms with Gasteiger partial charge >= 0.3 is 0 Å². The largest absolute Gasteiger partial charge is 0.370 e. The van der Waals surface area contributed by atoms with E-state index in [0.717, 1.165) is 12.5 Å². The van der Waals surface area contributed by atoms with E-state index in [2.05, 4.69) is 52.8 Å².